The smallest absolute Gasteiger partial charge is 0.238 e. The molecule has 32 heavy (non-hydrogen) atoms. The first-order chi connectivity index (χ1) is 15.4. The summed E-state index contributed by atoms with van der Waals surface area (Å²) in [5.74, 6) is 0.0852. The molecule has 2 aromatic carbocycles. The van der Waals surface area contributed by atoms with Crippen molar-refractivity contribution in [3.05, 3.63) is 59.2 Å². The molecule has 0 saturated carbocycles. The molecule has 8 heteroatoms. The number of rotatable bonds is 9. The number of hydrogen-bond acceptors (Lipinski definition) is 6. The highest BCUT2D eigenvalue weighted by molar-refractivity contribution is 5.94. The van der Waals surface area contributed by atoms with Crippen molar-refractivity contribution in [2.45, 2.75) is 20.0 Å². The normalized spacial score (nSPS) is 15.3. The van der Waals surface area contributed by atoms with Crippen LogP contribution in [0.5, 0.6) is 5.75 Å². The molecule has 1 heterocycles. The van der Waals surface area contributed by atoms with Gasteiger partial charge in [0.2, 0.25) is 11.8 Å². The number of carbonyl (C=O) groups excluding carboxylic acids is 3. The maximum atomic E-state index is 12.5. The van der Waals surface area contributed by atoms with Gasteiger partial charge in [-0.25, -0.2) is 0 Å². The van der Waals surface area contributed by atoms with E-state index in [0.717, 1.165) is 16.8 Å². The molecule has 0 aliphatic carbocycles. The first-order valence-corrected chi connectivity index (χ1v) is 10.6. The first kappa shape index (κ1) is 23.4. The summed E-state index contributed by atoms with van der Waals surface area (Å²) in [6.45, 7) is 5.17. The molecular weight excluding hydrogens is 410 g/mol. The summed E-state index contributed by atoms with van der Waals surface area (Å²) in [6, 6.07) is 12.6. The van der Waals surface area contributed by atoms with E-state index < -0.39 is 6.10 Å². The monoisotopic (exact) mass is 439 g/mol. The van der Waals surface area contributed by atoms with Crippen molar-refractivity contribution >= 4 is 23.8 Å². The number of nitrogens with one attached hydrogen (secondary N) is 1. The molecule has 0 bridgehead atoms. The molecule has 3 rings (SSSR count). The third-order valence-corrected chi connectivity index (χ3v) is 5.42. The lowest BCUT2D eigenvalue weighted by atomic mass is 10.1. The SMILES string of the molecule is Cc1cccc(C)c1NC(=O)CN1CCN(CC(O)COc2ccccc2C=O)C(=O)C1. The molecule has 1 aliphatic heterocycles. The summed E-state index contributed by atoms with van der Waals surface area (Å²) in [5.41, 5.74) is 3.20. The van der Waals surface area contributed by atoms with Gasteiger partial charge in [-0.15, -0.1) is 0 Å². The van der Waals surface area contributed by atoms with Crippen LogP contribution in [0.3, 0.4) is 0 Å². The van der Waals surface area contributed by atoms with Crippen LogP contribution >= 0.6 is 0 Å². The van der Waals surface area contributed by atoms with Crippen molar-refractivity contribution in [1.29, 1.82) is 0 Å². The quantitative estimate of drug-likeness (QED) is 0.577. The van der Waals surface area contributed by atoms with Gasteiger partial charge in [0.1, 0.15) is 18.5 Å². The number of piperazine rings is 1. The van der Waals surface area contributed by atoms with Gasteiger partial charge in [-0.05, 0) is 37.1 Å². The Morgan fingerprint density at radius 2 is 1.88 bits per heavy atom. The van der Waals surface area contributed by atoms with Crippen molar-refractivity contribution in [1.82, 2.24) is 9.80 Å². The molecule has 2 amide bonds. The number of amides is 2. The summed E-state index contributed by atoms with van der Waals surface area (Å²) in [7, 11) is 0. The first-order valence-electron chi connectivity index (χ1n) is 10.6. The highest BCUT2D eigenvalue weighted by Crippen LogP contribution is 2.19. The zero-order valence-corrected chi connectivity index (χ0v) is 18.4. The minimum Gasteiger partial charge on any atom is -0.490 e. The van der Waals surface area contributed by atoms with Crippen LogP contribution in [-0.2, 0) is 9.59 Å². The van der Waals surface area contributed by atoms with E-state index in [2.05, 4.69) is 5.32 Å². The van der Waals surface area contributed by atoms with Crippen molar-refractivity contribution in [2.24, 2.45) is 0 Å². The molecule has 170 valence electrons. The van der Waals surface area contributed by atoms with Crippen LogP contribution in [0, 0.1) is 13.8 Å². The van der Waals surface area contributed by atoms with Crippen LogP contribution < -0.4 is 10.1 Å². The lowest BCUT2D eigenvalue weighted by molar-refractivity contribution is -0.138. The Morgan fingerprint density at radius 1 is 1.16 bits per heavy atom. The lowest BCUT2D eigenvalue weighted by Crippen LogP contribution is -2.54. The number of para-hydroxylation sites is 2. The van der Waals surface area contributed by atoms with Crippen LogP contribution in [-0.4, -0.2) is 78.4 Å². The topological polar surface area (TPSA) is 99.2 Å². The highest BCUT2D eigenvalue weighted by atomic mass is 16.5. The molecule has 1 fully saturated rings. The number of aliphatic hydroxyl groups excluding tert-OH is 1. The molecule has 1 aliphatic rings. The van der Waals surface area contributed by atoms with E-state index in [1.54, 1.807) is 34.1 Å². The van der Waals surface area contributed by atoms with E-state index in [1.165, 1.54) is 0 Å². The Kier molecular flexibility index (Phi) is 7.97. The van der Waals surface area contributed by atoms with Crippen LogP contribution in [0.1, 0.15) is 21.5 Å². The van der Waals surface area contributed by atoms with Gasteiger partial charge in [0.15, 0.2) is 6.29 Å². The number of benzene rings is 2. The second-order valence-electron chi connectivity index (χ2n) is 7.99. The second-order valence-corrected chi connectivity index (χ2v) is 7.99. The standard InChI is InChI=1S/C24H29N3O5/c1-17-6-5-7-18(2)24(17)25-22(30)13-26-10-11-27(23(31)14-26)12-20(29)16-32-21-9-4-3-8-19(21)15-28/h3-9,15,20,29H,10-14,16H2,1-2H3,(H,25,30). The Balaban J connectivity index is 1.45. The van der Waals surface area contributed by atoms with Crippen LogP contribution in [0.25, 0.3) is 0 Å². The highest BCUT2D eigenvalue weighted by Gasteiger charge is 2.27. The summed E-state index contributed by atoms with van der Waals surface area (Å²) in [4.78, 5) is 39.4. The largest absolute Gasteiger partial charge is 0.490 e. The van der Waals surface area contributed by atoms with Crippen molar-refractivity contribution in [3.8, 4) is 5.75 Å². The van der Waals surface area contributed by atoms with Gasteiger partial charge < -0.3 is 20.1 Å². The second kappa shape index (κ2) is 10.9. The number of aliphatic hydroxyl groups is 1. The molecule has 1 saturated heterocycles. The zero-order chi connectivity index (χ0) is 23.1. The molecule has 2 aromatic rings. The molecule has 0 aromatic heterocycles. The lowest BCUT2D eigenvalue weighted by Gasteiger charge is -2.35. The average Bonchev–Trinajstić information content (AvgIpc) is 2.77. The number of carbonyl (C=O) groups is 3. The fourth-order valence-electron chi connectivity index (χ4n) is 3.68. The van der Waals surface area contributed by atoms with E-state index in [1.807, 2.05) is 32.0 Å². The minimum absolute atomic E-state index is 0.0312. The van der Waals surface area contributed by atoms with Crippen LogP contribution in [0.2, 0.25) is 0 Å². The molecule has 8 nitrogen and oxygen atoms in total. The van der Waals surface area contributed by atoms with Gasteiger partial charge >= 0.3 is 0 Å². The molecular formula is C24H29N3O5. The average molecular weight is 440 g/mol. The fraction of sp³-hybridized carbons (Fsp3) is 0.375. The maximum absolute atomic E-state index is 12.5. The maximum Gasteiger partial charge on any atom is 0.238 e. The summed E-state index contributed by atoms with van der Waals surface area (Å²) in [5, 5.41) is 13.2. The number of aldehydes is 1. The molecule has 2 N–H and O–H groups in total. The predicted octanol–water partition coefficient (Wildman–Crippen LogP) is 1.64. The predicted molar refractivity (Wildman–Crippen MR) is 121 cm³/mol. The van der Waals surface area contributed by atoms with Gasteiger partial charge in [0.05, 0.1) is 18.7 Å². The van der Waals surface area contributed by atoms with E-state index in [4.69, 9.17) is 4.74 Å². The van der Waals surface area contributed by atoms with Crippen molar-refractivity contribution in [3.63, 3.8) is 0 Å². The van der Waals surface area contributed by atoms with Gasteiger partial charge in [0, 0.05) is 25.3 Å². The zero-order valence-electron chi connectivity index (χ0n) is 18.4. The van der Waals surface area contributed by atoms with E-state index in [9.17, 15) is 19.5 Å². The molecule has 1 unspecified atom stereocenters. The molecule has 0 spiro atoms. The van der Waals surface area contributed by atoms with Crippen LogP contribution in [0.15, 0.2) is 42.5 Å². The van der Waals surface area contributed by atoms with Crippen molar-refractivity contribution < 1.29 is 24.2 Å². The van der Waals surface area contributed by atoms with Gasteiger partial charge in [-0.1, -0.05) is 30.3 Å². The number of hydrogen-bond donors (Lipinski definition) is 2. The Morgan fingerprint density at radius 3 is 2.56 bits per heavy atom. The fourth-order valence-corrected chi connectivity index (χ4v) is 3.68. The van der Waals surface area contributed by atoms with Crippen molar-refractivity contribution in [2.75, 3.05) is 44.6 Å². The Hall–Kier alpha value is -3.23. The molecule has 1 atom stereocenters. The Bertz CT molecular complexity index is 958. The number of ether oxygens (including phenoxy) is 1. The van der Waals surface area contributed by atoms with Gasteiger partial charge in [-0.3, -0.25) is 19.3 Å². The van der Waals surface area contributed by atoms with E-state index >= 15 is 0 Å². The minimum atomic E-state index is -0.891. The number of β-amino-alcohol motifs (C(OH)–C–C–N with tert-alkyl or cyclic N) is 1. The van der Waals surface area contributed by atoms with E-state index in [0.29, 0.717) is 30.7 Å². The summed E-state index contributed by atoms with van der Waals surface area (Å²) < 4.78 is 5.53. The number of aryl methyl sites for hydroxylation is 2. The Labute approximate surface area is 187 Å². The van der Waals surface area contributed by atoms with Gasteiger partial charge in [-0.2, -0.15) is 0 Å². The van der Waals surface area contributed by atoms with Gasteiger partial charge in [0.25, 0.3) is 0 Å². The van der Waals surface area contributed by atoms with E-state index in [-0.39, 0.29) is 38.1 Å². The van der Waals surface area contributed by atoms with Crippen LogP contribution in [0.4, 0.5) is 5.69 Å². The molecule has 0 radical (unpaired) electrons. The third-order valence-electron chi connectivity index (χ3n) is 5.42. The summed E-state index contributed by atoms with van der Waals surface area (Å²) >= 11 is 0. The summed E-state index contributed by atoms with van der Waals surface area (Å²) in [6.07, 6.45) is -0.196. The number of nitrogens with zero attached hydrogens (tertiary/aromatic N) is 2. The number of anilines is 1. The third kappa shape index (κ3) is 6.15.